The Morgan fingerprint density at radius 2 is 1.41 bits per heavy atom. The zero-order chi connectivity index (χ0) is 20.1. The number of rotatable bonds is 6. The van der Waals surface area contributed by atoms with E-state index in [-0.39, 0.29) is 21.1 Å². The highest BCUT2D eigenvalue weighted by Gasteiger charge is 2.37. The second-order valence-corrected chi connectivity index (χ2v) is 11.2. The lowest BCUT2D eigenvalue weighted by atomic mass is 10.5. The molecule has 1 aliphatic carbocycles. The van der Waals surface area contributed by atoms with E-state index >= 15 is 0 Å². The van der Waals surface area contributed by atoms with Gasteiger partial charge in [0.15, 0.2) is 29.7 Å². The highest BCUT2D eigenvalue weighted by atomic mass is 35.5. The standard InChI is InChI=1S/C8H9Cl2NO2S.C8H8ClNO2S/c9-4-1-5-14(12,13)8-3-2-7(10)6-11-8;9-6-1-4-8(10-5-6)13(11,12)7-2-3-7/h2-3,6H,1,4-5H2;1,4-5,7H,2-3H2. The molecule has 0 bridgehead atoms. The number of pyridine rings is 2. The first kappa shape index (κ1) is 22.4. The molecule has 0 unspecified atom stereocenters. The van der Waals surface area contributed by atoms with E-state index in [1.54, 1.807) is 6.07 Å². The second kappa shape index (κ2) is 9.52. The summed E-state index contributed by atoms with van der Waals surface area (Å²) in [4.78, 5) is 7.53. The van der Waals surface area contributed by atoms with E-state index in [2.05, 4.69) is 9.97 Å². The summed E-state index contributed by atoms with van der Waals surface area (Å²) in [6.45, 7) is 0. The van der Waals surface area contributed by atoms with E-state index in [0.29, 0.717) is 22.3 Å². The van der Waals surface area contributed by atoms with Crippen molar-refractivity contribution >= 4 is 54.5 Å². The molecule has 3 rings (SSSR count). The molecule has 1 aliphatic rings. The first-order valence-electron chi connectivity index (χ1n) is 7.92. The average molecular weight is 472 g/mol. The summed E-state index contributed by atoms with van der Waals surface area (Å²) in [5, 5.41) is 0.851. The summed E-state index contributed by atoms with van der Waals surface area (Å²) in [5.41, 5.74) is 0. The highest BCUT2D eigenvalue weighted by Crippen LogP contribution is 2.32. The SMILES string of the molecule is O=S(=O)(CCCCl)c1ccc(Cl)cn1.O=S(=O)(c1ccc(Cl)cn1)C1CC1. The van der Waals surface area contributed by atoms with Crippen LogP contribution in [0.3, 0.4) is 0 Å². The molecular weight excluding hydrogens is 455 g/mol. The van der Waals surface area contributed by atoms with Crippen LogP contribution in [0.2, 0.25) is 10.0 Å². The predicted molar refractivity (Wildman–Crippen MR) is 106 cm³/mol. The number of hydrogen-bond acceptors (Lipinski definition) is 6. The van der Waals surface area contributed by atoms with Crippen molar-refractivity contribution in [2.45, 2.75) is 34.6 Å². The summed E-state index contributed by atoms with van der Waals surface area (Å²) in [7, 11) is -6.45. The molecule has 0 spiro atoms. The molecule has 6 nitrogen and oxygen atoms in total. The molecule has 1 fully saturated rings. The van der Waals surface area contributed by atoms with Crippen molar-refractivity contribution in [2.24, 2.45) is 0 Å². The Morgan fingerprint density at radius 3 is 1.81 bits per heavy atom. The lowest BCUT2D eigenvalue weighted by Gasteiger charge is -2.01. The van der Waals surface area contributed by atoms with Crippen LogP contribution in [0.15, 0.2) is 46.7 Å². The Bertz CT molecular complexity index is 960. The molecule has 27 heavy (non-hydrogen) atoms. The highest BCUT2D eigenvalue weighted by molar-refractivity contribution is 7.92. The first-order chi connectivity index (χ1) is 12.7. The van der Waals surface area contributed by atoms with E-state index in [4.69, 9.17) is 34.8 Å². The van der Waals surface area contributed by atoms with Crippen molar-refractivity contribution in [1.29, 1.82) is 0 Å². The first-order valence-corrected chi connectivity index (χ1v) is 12.4. The average Bonchev–Trinajstić information content (AvgIpc) is 3.47. The Morgan fingerprint density at radius 1 is 0.889 bits per heavy atom. The quantitative estimate of drug-likeness (QED) is 0.595. The minimum absolute atomic E-state index is 0.0190. The maximum absolute atomic E-state index is 11.6. The predicted octanol–water partition coefficient (Wildman–Crippen LogP) is 3.81. The molecule has 0 radical (unpaired) electrons. The van der Waals surface area contributed by atoms with Gasteiger partial charge in [-0.15, -0.1) is 11.6 Å². The van der Waals surface area contributed by atoms with Gasteiger partial charge in [0.05, 0.1) is 21.0 Å². The van der Waals surface area contributed by atoms with Crippen molar-refractivity contribution in [3.05, 3.63) is 46.7 Å². The van der Waals surface area contributed by atoms with E-state index in [9.17, 15) is 16.8 Å². The van der Waals surface area contributed by atoms with E-state index < -0.39 is 19.7 Å². The number of hydrogen-bond donors (Lipinski definition) is 0. The molecule has 0 amide bonds. The third-order valence-corrected chi connectivity index (χ3v) is 8.11. The number of sulfone groups is 2. The fraction of sp³-hybridized carbons (Fsp3) is 0.375. The third kappa shape index (κ3) is 6.57. The van der Waals surface area contributed by atoms with Crippen molar-refractivity contribution in [1.82, 2.24) is 9.97 Å². The van der Waals surface area contributed by atoms with Crippen LogP contribution >= 0.6 is 34.8 Å². The van der Waals surface area contributed by atoms with E-state index in [0.717, 1.165) is 12.8 Å². The van der Waals surface area contributed by atoms with Crippen LogP contribution in [0, 0.1) is 0 Å². The molecule has 2 aromatic rings. The molecular formula is C16H17Cl3N2O4S2. The molecule has 11 heteroatoms. The lowest BCUT2D eigenvalue weighted by molar-refractivity contribution is 0.589. The third-order valence-electron chi connectivity index (χ3n) is 3.52. The Hall–Kier alpha value is -0.930. The fourth-order valence-corrected chi connectivity index (χ4v) is 5.27. The van der Waals surface area contributed by atoms with Crippen LogP contribution in [0.1, 0.15) is 19.3 Å². The number of aromatic nitrogens is 2. The van der Waals surface area contributed by atoms with Crippen LogP contribution in [0.25, 0.3) is 0 Å². The number of nitrogens with zero attached hydrogens (tertiary/aromatic N) is 2. The Labute approximate surface area is 173 Å². The van der Waals surface area contributed by atoms with E-state index in [1.165, 1.54) is 30.6 Å². The smallest absolute Gasteiger partial charge is 0.198 e. The summed E-state index contributed by atoms with van der Waals surface area (Å²) in [6, 6.07) is 5.90. The molecule has 0 saturated heterocycles. The topological polar surface area (TPSA) is 94.1 Å². The Kier molecular flexibility index (Phi) is 7.88. The molecule has 0 aromatic carbocycles. The lowest BCUT2D eigenvalue weighted by Crippen LogP contribution is -2.08. The molecule has 0 N–H and O–H groups in total. The summed E-state index contributed by atoms with van der Waals surface area (Å²) < 4.78 is 46.3. The van der Waals surface area contributed by atoms with Crippen LogP contribution in [-0.2, 0) is 19.7 Å². The number of halogens is 3. The van der Waals surface area contributed by atoms with Gasteiger partial charge in [0.2, 0.25) is 0 Å². The van der Waals surface area contributed by atoms with Crippen molar-refractivity contribution in [3.8, 4) is 0 Å². The van der Waals surface area contributed by atoms with Gasteiger partial charge >= 0.3 is 0 Å². The molecule has 2 heterocycles. The minimum atomic E-state index is -3.29. The zero-order valence-electron chi connectivity index (χ0n) is 14.1. The summed E-state index contributed by atoms with van der Waals surface area (Å²) in [6.07, 6.45) is 4.61. The fourth-order valence-electron chi connectivity index (χ4n) is 1.98. The van der Waals surface area contributed by atoms with Crippen LogP contribution < -0.4 is 0 Å². The van der Waals surface area contributed by atoms with Gasteiger partial charge in [-0.1, -0.05) is 23.2 Å². The molecule has 2 aromatic heterocycles. The van der Waals surface area contributed by atoms with Crippen LogP contribution in [0.5, 0.6) is 0 Å². The molecule has 148 valence electrons. The molecule has 0 aliphatic heterocycles. The second-order valence-electron chi connectivity index (χ2n) is 5.74. The van der Waals surface area contributed by atoms with Gasteiger partial charge in [0.25, 0.3) is 0 Å². The van der Waals surface area contributed by atoms with Gasteiger partial charge in [0.1, 0.15) is 0 Å². The van der Waals surface area contributed by atoms with E-state index in [1.807, 2.05) is 0 Å². The maximum Gasteiger partial charge on any atom is 0.198 e. The van der Waals surface area contributed by atoms with Crippen LogP contribution in [0.4, 0.5) is 0 Å². The van der Waals surface area contributed by atoms with Gasteiger partial charge in [-0.25, -0.2) is 26.8 Å². The monoisotopic (exact) mass is 470 g/mol. The normalized spacial score (nSPS) is 14.3. The van der Waals surface area contributed by atoms with Gasteiger partial charge in [0, 0.05) is 18.3 Å². The maximum atomic E-state index is 11.6. The summed E-state index contributed by atoms with van der Waals surface area (Å²) in [5.74, 6) is 0.345. The van der Waals surface area contributed by atoms with Crippen molar-refractivity contribution < 1.29 is 16.8 Å². The van der Waals surface area contributed by atoms with Crippen LogP contribution in [-0.4, -0.2) is 43.7 Å². The number of alkyl halides is 1. The van der Waals surface area contributed by atoms with Gasteiger partial charge in [-0.3, -0.25) is 0 Å². The summed E-state index contributed by atoms with van der Waals surface area (Å²) >= 11 is 16.6. The van der Waals surface area contributed by atoms with Crippen molar-refractivity contribution in [2.75, 3.05) is 11.6 Å². The van der Waals surface area contributed by atoms with Crippen molar-refractivity contribution in [3.63, 3.8) is 0 Å². The Balaban J connectivity index is 0.000000194. The van der Waals surface area contributed by atoms with Gasteiger partial charge < -0.3 is 0 Å². The molecule has 0 atom stereocenters. The largest absolute Gasteiger partial charge is 0.243 e. The van der Waals surface area contributed by atoms with Gasteiger partial charge in [-0.05, 0) is 43.5 Å². The molecule has 1 saturated carbocycles. The minimum Gasteiger partial charge on any atom is -0.243 e. The van der Waals surface area contributed by atoms with Gasteiger partial charge in [-0.2, -0.15) is 0 Å². The zero-order valence-corrected chi connectivity index (χ0v) is 18.0.